The minimum absolute atomic E-state index is 0.687. The molecule has 1 saturated heterocycles. The fraction of sp³-hybridized carbons (Fsp3) is 0.357. The molecule has 1 aromatic carbocycles. The summed E-state index contributed by atoms with van der Waals surface area (Å²) in [4.78, 5) is 9.12. The fourth-order valence-corrected chi connectivity index (χ4v) is 3.53. The summed E-state index contributed by atoms with van der Waals surface area (Å²) in [5, 5.41) is 4.58. The average Bonchev–Trinajstić information content (AvgIpc) is 2.97. The molecule has 0 aliphatic carbocycles. The first-order chi connectivity index (χ1) is 9.72. The predicted octanol–water partition coefficient (Wildman–Crippen LogP) is 3.77. The zero-order chi connectivity index (χ0) is 13.9. The second-order valence-electron chi connectivity index (χ2n) is 4.81. The standard InChI is InChI=1S/C14H15Cl2N3S/c15-12-2-1-11(13(16)9-12)10-18-4-6-19(7-5-18)14-17-3-8-20-14/h1-3,8-9H,4-7,10H2. The maximum absolute atomic E-state index is 6.23. The van der Waals surface area contributed by atoms with E-state index in [2.05, 4.69) is 14.8 Å². The molecular formula is C14H15Cl2N3S. The van der Waals surface area contributed by atoms with Gasteiger partial charge in [0.25, 0.3) is 0 Å². The molecule has 0 unspecified atom stereocenters. The van der Waals surface area contributed by atoms with Crippen LogP contribution >= 0.6 is 34.5 Å². The molecule has 0 spiro atoms. The minimum atomic E-state index is 0.687. The van der Waals surface area contributed by atoms with Crippen molar-refractivity contribution in [1.29, 1.82) is 0 Å². The van der Waals surface area contributed by atoms with Crippen LogP contribution in [0.3, 0.4) is 0 Å². The van der Waals surface area contributed by atoms with Gasteiger partial charge in [0.05, 0.1) is 0 Å². The van der Waals surface area contributed by atoms with E-state index in [0.717, 1.165) is 48.4 Å². The first-order valence-electron chi connectivity index (χ1n) is 6.53. The summed E-state index contributed by atoms with van der Waals surface area (Å²) < 4.78 is 0. The van der Waals surface area contributed by atoms with E-state index in [1.807, 2.05) is 29.8 Å². The lowest BCUT2D eigenvalue weighted by molar-refractivity contribution is 0.250. The number of rotatable bonds is 3. The molecular weight excluding hydrogens is 313 g/mol. The Kier molecular flexibility index (Phi) is 4.46. The number of hydrogen-bond acceptors (Lipinski definition) is 4. The van der Waals surface area contributed by atoms with Gasteiger partial charge in [-0.1, -0.05) is 29.3 Å². The average molecular weight is 328 g/mol. The van der Waals surface area contributed by atoms with Crippen LogP contribution in [0.4, 0.5) is 5.13 Å². The van der Waals surface area contributed by atoms with Crippen LogP contribution in [0.5, 0.6) is 0 Å². The number of anilines is 1. The lowest BCUT2D eigenvalue weighted by Crippen LogP contribution is -2.45. The summed E-state index contributed by atoms with van der Waals surface area (Å²) in [6.07, 6.45) is 1.86. The summed E-state index contributed by atoms with van der Waals surface area (Å²) in [6.45, 7) is 4.95. The number of benzene rings is 1. The van der Waals surface area contributed by atoms with Gasteiger partial charge in [-0.2, -0.15) is 0 Å². The quantitative estimate of drug-likeness (QED) is 0.855. The zero-order valence-corrected chi connectivity index (χ0v) is 13.3. The highest BCUT2D eigenvalue weighted by Crippen LogP contribution is 2.24. The van der Waals surface area contributed by atoms with Crippen LogP contribution in [0.15, 0.2) is 29.8 Å². The third-order valence-electron chi connectivity index (χ3n) is 3.47. The van der Waals surface area contributed by atoms with Crippen LogP contribution in [0.25, 0.3) is 0 Å². The van der Waals surface area contributed by atoms with Crippen molar-refractivity contribution in [2.45, 2.75) is 6.54 Å². The van der Waals surface area contributed by atoms with Crippen molar-refractivity contribution >= 4 is 39.7 Å². The Morgan fingerprint density at radius 3 is 2.60 bits per heavy atom. The Morgan fingerprint density at radius 1 is 1.15 bits per heavy atom. The first kappa shape index (κ1) is 14.1. The highest BCUT2D eigenvalue weighted by molar-refractivity contribution is 7.13. The molecule has 0 atom stereocenters. The molecule has 2 heterocycles. The van der Waals surface area contributed by atoms with Gasteiger partial charge in [-0.3, -0.25) is 4.90 Å². The second-order valence-corrected chi connectivity index (χ2v) is 6.53. The summed E-state index contributed by atoms with van der Waals surface area (Å²) in [7, 11) is 0. The summed E-state index contributed by atoms with van der Waals surface area (Å²) in [6, 6.07) is 5.72. The molecule has 0 radical (unpaired) electrons. The van der Waals surface area contributed by atoms with E-state index in [1.165, 1.54) is 0 Å². The molecule has 20 heavy (non-hydrogen) atoms. The molecule has 0 N–H and O–H groups in total. The third kappa shape index (κ3) is 3.26. The van der Waals surface area contributed by atoms with Gasteiger partial charge in [0.1, 0.15) is 0 Å². The van der Waals surface area contributed by atoms with E-state index in [9.17, 15) is 0 Å². The Morgan fingerprint density at radius 2 is 1.95 bits per heavy atom. The molecule has 0 amide bonds. The van der Waals surface area contributed by atoms with Crippen LogP contribution in [0.2, 0.25) is 10.0 Å². The number of thiazole rings is 1. The van der Waals surface area contributed by atoms with E-state index in [1.54, 1.807) is 11.3 Å². The fourth-order valence-electron chi connectivity index (χ4n) is 2.36. The molecule has 1 fully saturated rings. The summed E-state index contributed by atoms with van der Waals surface area (Å²) in [5.41, 5.74) is 1.14. The molecule has 1 aliphatic rings. The van der Waals surface area contributed by atoms with Crippen molar-refractivity contribution < 1.29 is 0 Å². The van der Waals surface area contributed by atoms with Gasteiger partial charge in [-0.25, -0.2) is 4.98 Å². The zero-order valence-electron chi connectivity index (χ0n) is 10.9. The lowest BCUT2D eigenvalue weighted by Gasteiger charge is -2.34. The van der Waals surface area contributed by atoms with E-state index in [-0.39, 0.29) is 0 Å². The smallest absolute Gasteiger partial charge is 0.185 e. The molecule has 0 bridgehead atoms. The molecule has 0 saturated carbocycles. The van der Waals surface area contributed by atoms with Crippen molar-refractivity contribution in [3.05, 3.63) is 45.4 Å². The van der Waals surface area contributed by atoms with Crippen molar-refractivity contribution in [2.75, 3.05) is 31.1 Å². The van der Waals surface area contributed by atoms with Gasteiger partial charge in [0.2, 0.25) is 0 Å². The number of aromatic nitrogens is 1. The third-order valence-corrected chi connectivity index (χ3v) is 4.89. The monoisotopic (exact) mass is 327 g/mol. The molecule has 2 aromatic rings. The van der Waals surface area contributed by atoms with E-state index in [4.69, 9.17) is 23.2 Å². The summed E-state index contributed by atoms with van der Waals surface area (Å²) in [5.74, 6) is 0. The van der Waals surface area contributed by atoms with Crippen molar-refractivity contribution in [3.8, 4) is 0 Å². The number of piperazine rings is 1. The van der Waals surface area contributed by atoms with Crippen molar-refractivity contribution in [1.82, 2.24) is 9.88 Å². The van der Waals surface area contributed by atoms with Crippen LogP contribution in [0.1, 0.15) is 5.56 Å². The lowest BCUT2D eigenvalue weighted by atomic mass is 10.2. The van der Waals surface area contributed by atoms with Crippen molar-refractivity contribution in [3.63, 3.8) is 0 Å². The molecule has 3 nitrogen and oxygen atoms in total. The number of halogens is 2. The van der Waals surface area contributed by atoms with Gasteiger partial charge in [0.15, 0.2) is 5.13 Å². The predicted molar refractivity (Wildman–Crippen MR) is 86.1 cm³/mol. The van der Waals surface area contributed by atoms with Gasteiger partial charge in [-0.05, 0) is 17.7 Å². The van der Waals surface area contributed by atoms with E-state index in [0.29, 0.717) is 5.02 Å². The molecule has 1 aromatic heterocycles. The molecule has 1 aliphatic heterocycles. The topological polar surface area (TPSA) is 19.4 Å². The normalized spacial score (nSPS) is 16.6. The van der Waals surface area contributed by atoms with E-state index >= 15 is 0 Å². The molecule has 3 rings (SSSR count). The van der Waals surface area contributed by atoms with Gasteiger partial charge < -0.3 is 4.90 Å². The minimum Gasteiger partial charge on any atom is -0.346 e. The van der Waals surface area contributed by atoms with E-state index < -0.39 is 0 Å². The first-order valence-corrected chi connectivity index (χ1v) is 8.16. The SMILES string of the molecule is Clc1ccc(CN2CCN(c3nccs3)CC2)c(Cl)c1. The van der Waals surface area contributed by atoms with Crippen LogP contribution in [-0.4, -0.2) is 36.1 Å². The Bertz CT molecular complexity index is 566. The van der Waals surface area contributed by atoms with Gasteiger partial charge >= 0.3 is 0 Å². The van der Waals surface area contributed by atoms with Crippen LogP contribution in [0, 0.1) is 0 Å². The molecule has 6 heteroatoms. The Hall–Kier alpha value is -0.810. The van der Waals surface area contributed by atoms with Gasteiger partial charge in [0, 0.05) is 54.3 Å². The van der Waals surface area contributed by atoms with Crippen molar-refractivity contribution in [2.24, 2.45) is 0 Å². The second kappa shape index (κ2) is 6.31. The van der Waals surface area contributed by atoms with Crippen LogP contribution < -0.4 is 4.90 Å². The Balaban J connectivity index is 1.58. The highest BCUT2D eigenvalue weighted by atomic mass is 35.5. The molecule has 106 valence electrons. The van der Waals surface area contributed by atoms with Gasteiger partial charge in [-0.15, -0.1) is 11.3 Å². The number of nitrogens with zero attached hydrogens (tertiary/aromatic N) is 3. The highest BCUT2D eigenvalue weighted by Gasteiger charge is 2.19. The summed E-state index contributed by atoms with van der Waals surface area (Å²) >= 11 is 13.9. The maximum atomic E-state index is 6.23. The number of hydrogen-bond donors (Lipinski definition) is 0. The maximum Gasteiger partial charge on any atom is 0.185 e. The van der Waals surface area contributed by atoms with Crippen LogP contribution in [-0.2, 0) is 6.54 Å². The Labute approximate surface area is 132 Å². The largest absolute Gasteiger partial charge is 0.346 e.